The first-order valence-electron chi connectivity index (χ1n) is 7.34. The minimum atomic E-state index is -1.44. The molecule has 0 radical (unpaired) electrons. The maximum Gasteiger partial charge on any atom is 0.331 e. The summed E-state index contributed by atoms with van der Waals surface area (Å²) in [5.74, 6) is -1.85. The minimum Gasteiger partial charge on any atom is -0.479 e. The van der Waals surface area contributed by atoms with Crippen LogP contribution in [-0.4, -0.2) is 34.5 Å². The van der Waals surface area contributed by atoms with Crippen LogP contribution in [0.2, 0.25) is 0 Å². The van der Waals surface area contributed by atoms with Crippen LogP contribution < -0.4 is 10.6 Å². The summed E-state index contributed by atoms with van der Waals surface area (Å²) in [4.78, 5) is 35.5. The molecule has 1 aliphatic rings. The van der Waals surface area contributed by atoms with Gasteiger partial charge in [0, 0.05) is 12.5 Å². The first kappa shape index (κ1) is 16.0. The van der Waals surface area contributed by atoms with Gasteiger partial charge in [-0.2, -0.15) is 0 Å². The lowest BCUT2D eigenvalue weighted by Crippen LogP contribution is -2.67. The summed E-state index contributed by atoms with van der Waals surface area (Å²) in [7, 11) is 0. The van der Waals surface area contributed by atoms with Crippen LogP contribution in [0.25, 0.3) is 0 Å². The van der Waals surface area contributed by atoms with Crippen LogP contribution in [0.3, 0.4) is 0 Å². The zero-order valence-corrected chi connectivity index (χ0v) is 12.5. The van der Waals surface area contributed by atoms with Gasteiger partial charge in [0.15, 0.2) is 5.54 Å². The van der Waals surface area contributed by atoms with Crippen molar-refractivity contribution >= 4 is 17.8 Å². The van der Waals surface area contributed by atoms with Crippen LogP contribution in [0, 0.1) is 0 Å². The van der Waals surface area contributed by atoms with E-state index in [1.54, 1.807) is 30.3 Å². The van der Waals surface area contributed by atoms with Crippen LogP contribution in [0.1, 0.15) is 43.0 Å². The van der Waals surface area contributed by atoms with Crippen molar-refractivity contribution in [2.75, 3.05) is 0 Å². The Hall–Kier alpha value is -2.37. The topological polar surface area (TPSA) is 95.5 Å². The van der Waals surface area contributed by atoms with E-state index in [2.05, 4.69) is 10.6 Å². The monoisotopic (exact) mass is 304 g/mol. The smallest absolute Gasteiger partial charge is 0.331 e. The van der Waals surface area contributed by atoms with Gasteiger partial charge in [0.1, 0.15) is 0 Å². The fraction of sp³-hybridized carbons (Fsp3) is 0.438. The van der Waals surface area contributed by atoms with E-state index >= 15 is 0 Å². The maximum absolute atomic E-state index is 12.3. The second-order valence-electron chi connectivity index (χ2n) is 5.60. The Morgan fingerprint density at radius 3 is 2.45 bits per heavy atom. The van der Waals surface area contributed by atoms with Crippen LogP contribution in [0.5, 0.6) is 0 Å². The Bertz CT molecular complexity index is 573. The second kappa shape index (κ2) is 6.60. The van der Waals surface area contributed by atoms with Gasteiger partial charge < -0.3 is 15.7 Å². The van der Waals surface area contributed by atoms with Gasteiger partial charge in [-0.3, -0.25) is 9.59 Å². The Labute approximate surface area is 128 Å². The van der Waals surface area contributed by atoms with Crippen molar-refractivity contribution in [1.29, 1.82) is 0 Å². The summed E-state index contributed by atoms with van der Waals surface area (Å²) >= 11 is 0. The molecule has 0 heterocycles. The SMILES string of the molecule is CC(=O)NC1(C(=O)O)CCCCC1NC(=O)c1ccccc1. The van der Waals surface area contributed by atoms with Gasteiger partial charge in [0.2, 0.25) is 5.91 Å². The number of nitrogens with one attached hydrogen (secondary N) is 2. The molecule has 1 aliphatic carbocycles. The number of aliphatic carboxylic acids is 1. The molecule has 0 spiro atoms. The van der Waals surface area contributed by atoms with E-state index in [4.69, 9.17) is 0 Å². The molecule has 6 heteroatoms. The molecule has 1 fully saturated rings. The Kier molecular flexibility index (Phi) is 4.80. The van der Waals surface area contributed by atoms with Gasteiger partial charge >= 0.3 is 5.97 Å². The van der Waals surface area contributed by atoms with Crippen LogP contribution in [-0.2, 0) is 9.59 Å². The summed E-state index contributed by atoms with van der Waals surface area (Å²) < 4.78 is 0. The number of benzene rings is 1. The molecular weight excluding hydrogens is 284 g/mol. The molecule has 1 saturated carbocycles. The summed E-state index contributed by atoms with van der Waals surface area (Å²) in [5.41, 5.74) is -0.968. The summed E-state index contributed by atoms with van der Waals surface area (Å²) in [5, 5.41) is 15.0. The van der Waals surface area contributed by atoms with Crippen molar-refractivity contribution in [3.8, 4) is 0 Å². The second-order valence-corrected chi connectivity index (χ2v) is 5.60. The number of amides is 2. The zero-order chi connectivity index (χ0) is 16.2. The van der Waals surface area contributed by atoms with E-state index in [1.165, 1.54) is 6.92 Å². The van der Waals surface area contributed by atoms with Gasteiger partial charge in [0.25, 0.3) is 5.91 Å². The standard InChI is InChI=1S/C16H20N2O4/c1-11(19)18-16(15(21)22)10-6-5-9-13(16)17-14(20)12-7-3-2-4-8-12/h2-4,7-8,13H,5-6,9-10H2,1H3,(H,17,20)(H,18,19)(H,21,22). The molecule has 2 amide bonds. The lowest BCUT2D eigenvalue weighted by Gasteiger charge is -2.41. The van der Waals surface area contributed by atoms with Gasteiger partial charge in [-0.25, -0.2) is 4.79 Å². The third-order valence-electron chi connectivity index (χ3n) is 4.03. The number of hydrogen-bond donors (Lipinski definition) is 3. The molecule has 6 nitrogen and oxygen atoms in total. The normalized spacial score (nSPS) is 24.3. The number of carbonyl (C=O) groups is 3. The third-order valence-corrected chi connectivity index (χ3v) is 4.03. The lowest BCUT2D eigenvalue weighted by atomic mass is 9.77. The number of rotatable bonds is 4. The van der Waals surface area contributed by atoms with Gasteiger partial charge in [-0.1, -0.05) is 31.0 Å². The molecule has 0 aromatic heterocycles. The lowest BCUT2D eigenvalue weighted by molar-refractivity contribution is -0.150. The van der Waals surface area contributed by atoms with Crippen molar-refractivity contribution in [2.24, 2.45) is 0 Å². The predicted octanol–water partition coefficient (Wildman–Crippen LogP) is 1.32. The Balaban J connectivity index is 2.23. The molecule has 0 bridgehead atoms. The molecule has 22 heavy (non-hydrogen) atoms. The first-order chi connectivity index (χ1) is 10.5. The molecular formula is C16H20N2O4. The highest BCUT2D eigenvalue weighted by atomic mass is 16.4. The average Bonchev–Trinajstić information content (AvgIpc) is 2.49. The van der Waals surface area contributed by atoms with Crippen LogP contribution in [0.4, 0.5) is 0 Å². The fourth-order valence-electron chi connectivity index (χ4n) is 2.97. The first-order valence-corrected chi connectivity index (χ1v) is 7.34. The third kappa shape index (κ3) is 3.27. The molecule has 3 N–H and O–H groups in total. The Morgan fingerprint density at radius 2 is 1.86 bits per heavy atom. The molecule has 1 aromatic carbocycles. The van der Waals surface area contributed by atoms with Crippen molar-refractivity contribution < 1.29 is 19.5 Å². The summed E-state index contributed by atoms with van der Waals surface area (Å²) in [6.45, 7) is 1.29. The van der Waals surface area contributed by atoms with E-state index in [1.807, 2.05) is 0 Å². The number of carbonyl (C=O) groups excluding carboxylic acids is 2. The predicted molar refractivity (Wildman–Crippen MR) is 80.3 cm³/mol. The van der Waals surface area contributed by atoms with Crippen LogP contribution in [0.15, 0.2) is 30.3 Å². The largest absolute Gasteiger partial charge is 0.479 e. The molecule has 2 atom stereocenters. The van der Waals surface area contributed by atoms with E-state index in [0.717, 1.165) is 6.42 Å². The van der Waals surface area contributed by atoms with Crippen molar-refractivity contribution in [3.63, 3.8) is 0 Å². The van der Waals surface area contributed by atoms with E-state index in [-0.39, 0.29) is 5.91 Å². The van der Waals surface area contributed by atoms with E-state index in [0.29, 0.717) is 24.8 Å². The van der Waals surface area contributed by atoms with Gasteiger partial charge in [0.05, 0.1) is 6.04 Å². The number of carboxylic acid groups (broad SMARTS) is 1. The van der Waals surface area contributed by atoms with E-state index in [9.17, 15) is 19.5 Å². The molecule has 118 valence electrons. The maximum atomic E-state index is 12.3. The van der Waals surface area contributed by atoms with Crippen molar-refractivity contribution in [3.05, 3.63) is 35.9 Å². The molecule has 1 aromatic rings. The summed E-state index contributed by atoms with van der Waals surface area (Å²) in [6.07, 6.45) is 2.34. The highest BCUT2D eigenvalue weighted by molar-refractivity contribution is 5.95. The number of hydrogen-bond acceptors (Lipinski definition) is 3. The quantitative estimate of drug-likeness (QED) is 0.781. The molecule has 2 unspecified atom stereocenters. The minimum absolute atomic E-state index is 0.307. The molecule has 2 rings (SSSR count). The van der Waals surface area contributed by atoms with E-state index < -0.39 is 23.5 Å². The molecule has 0 aliphatic heterocycles. The zero-order valence-electron chi connectivity index (χ0n) is 12.5. The summed E-state index contributed by atoms with van der Waals surface area (Å²) in [6, 6.07) is 7.99. The van der Waals surface area contributed by atoms with Crippen molar-refractivity contribution in [2.45, 2.75) is 44.2 Å². The van der Waals surface area contributed by atoms with Crippen molar-refractivity contribution in [1.82, 2.24) is 10.6 Å². The number of carboxylic acids is 1. The Morgan fingerprint density at radius 1 is 1.18 bits per heavy atom. The fourth-order valence-corrected chi connectivity index (χ4v) is 2.97. The highest BCUT2D eigenvalue weighted by Gasteiger charge is 2.48. The molecule has 0 saturated heterocycles. The van der Waals surface area contributed by atoms with Gasteiger partial charge in [-0.05, 0) is 25.0 Å². The van der Waals surface area contributed by atoms with Crippen LogP contribution >= 0.6 is 0 Å². The average molecular weight is 304 g/mol. The highest BCUT2D eigenvalue weighted by Crippen LogP contribution is 2.29. The van der Waals surface area contributed by atoms with Gasteiger partial charge in [-0.15, -0.1) is 0 Å².